The van der Waals surface area contributed by atoms with Gasteiger partial charge >= 0.3 is 5.69 Å². The first-order valence-corrected chi connectivity index (χ1v) is 7.12. The summed E-state index contributed by atoms with van der Waals surface area (Å²) < 4.78 is 0. The molecule has 7 heteroatoms. The van der Waals surface area contributed by atoms with Crippen LogP contribution in [0.1, 0.15) is 26.3 Å². The average molecular weight is 312 g/mol. The molecule has 1 N–H and O–H groups in total. The first-order valence-electron chi connectivity index (χ1n) is 7.12. The molecule has 0 saturated heterocycles. The number of benzene rings is 2. The number of nitro groups is 1. The van der Waals surface area contributed by atoms with E-state index in [1.807, 2.05) is 32.9 Å². The van der Waals surface area contributed by atoms with Crippen molar-refractivity contribution in [2.75, 3.05) is 0 Å². The molecule has 2 aromatic carbocycles. The summed E-state index contributed by atoms with van der Waals surface area (Å²) in [5, 5.41) is 30.1. The van der Waals surface area contributed by atoms with Crippen molar-refractivity contribution in [2.45, 2.75) is 26.2 Å². The second-order valence-electron chi connectivity index (χ2n) is 6.35. The average Bonchev–Trinajstić information content (AvgIpc) is 2.89. The first-order chi connectivity index (χ1) is 10.8. The Hall–Kier alpha value is -2.96. The monoisotopic (exact) mass is 312 g/mol. The van der Waals surface area contributed by atoms with Crippen molar-refractivity contribution in [3.8, 4) is 11.4 Å². The van der Waals surface area contributed by atoms with E-state index in [4.69, 9.17) is 0 Å². The van der Waals surface area contributed by atoms with Gasteiger partial charge in [-0.25, -0.2) is 0 Å². The van der Waals surface area contributed by atoms with E-state index in [1.54, 1.807) is 18.2 Å². The fourth-order valence-electron chi connectivity index (χ4n) is 2.30. The largest absolute Gasteiger partial charge is 0.501 e. The van der Waals surface area contributed by atoms with Crippen LogP contribution < -0.4 is 0 Å². The maximum atomic E-state index is 11.3. The summed E-state index contributed by atoms with van der Waals surface area (Å²) in [6.45, 7) is 5.83. The summed E-state index contributed by atoms with van der Waals surface area (Å²) in [6.07, 6.45) is 0. The molecule has 0 bridgehead atoms. The summed E-state index contributed by atoms with van der Waals surface area (Å²) in [5.41, 5.74) is 1.54. The van der Waals surface area contributed by atoms with Gasteiger partial charge in [0, 0.05) is 6.07 Å². The Kier molecular flexibility index (Phi) is 3.28. The van der Waals surface area contributed by atoms with Crippen molar-refractivity contribution in [2.24, 2.45) is 0 Å². The molecular weight excluding hydrogens is 296 g/mol. The third-order valence-electron chi connectivity index (χ3n) is 3.63. The summed E-state index contributed by atoms with van der Waals surface area (Å²) in [6, 6.07) is 10.3. The summed E-state index contributed by atoms with van der Waals surface area (Å²) >= 11 is 0. The standard InChI is InChI=1S/C16H16N4O3/c1-16(2,3)10-8-13(15(21)14(9-10)20(22)23)19-17-11-6-4-5-7-12(11)18-19/h4-9,21H,1-3H3. The minimum Gasteiger partial charge on any atom is -0.501 e. The van der Waals surface area contributed by atoms with E-state index < -0.39 is 10.7 Å². The molecule has 0 saturated carbocycles. The van der Waals surface area contributed by atoms with Crippen LogP contribution in [0, 0.1) is 10.1 Å². The van der Waals surface area contributed by atoms with E-state index in [0.717, 1.165) is 5.56 Å². The van der Waals surface area contributed by atoms with Crippen molar-refractivity contribution < 1.29 is 10.0 Å². The fourth-order valence-corrected chi connectivity index (χ4v) is 2.30. The molecule has 1 aromatic heterocycles. The van der Waals surface area contributed by atoms with Gasteiger partial charge in [0.15, 0.2) is 0 Å². The van der Waals surface area contributed by atoms with Crippen molar-refractivity contribution in [3.05, 3.63) is 52.1 Å². The Morgan fingerprint density at radius 2 is 1.70 bits per heavy atom. The Bertz CT molecular complexity index is 876. The highest BCUT2D eigenvalue weighted by Crippen LogP contribution is 2.37. The molecule has 3 aromatic rings. The number of fused-ring (bicyclic) bond motifs is 1. The van der Waals surface area contributed by atoms with Crippen LogP contribution >= 0.6 is 0 Å². The molecule has 0 aliphatic carbocycles. The van der Waals surface area contributed by atoms with Crippen LogP contribution in [-0.2, 0) is 5.41 Å². The second-order valence-corrected chi connectivity index (χ2v) is 6.35. The lowest BCUT2D eigenvalue weighted by Crippen LogP contribution is -2.13. The third kappa shape index (κ3) is 2.61. The molecule has 0 amide bonds. The molecule has 0 fully saturated rings. The van der Waals surface area contributed by atoms with Gasteiger partial charge < -0.3 is 5.11 Å². The van der Waals surface area contributed by atoms with E-state index in [2.05, 4.69) is 10.2 Å². The van der Waals surface area contributed by atoms with Gasteiger partial charge in [-0.2, -0.15) is 0 Å². The van der Waals surface area contributed by atoms with Crippen molar-refractivity contribution in [1.82, 2.24) is 15.0 Å². The molecule has 3 rings (SSSR count). The lowest BCUT2D eigenvalue weighted by Gasteiger charge is -2.20. The Balaban J connectivity index is 2.28. The predicted octanol–water partition coefficient (Wildman–Crippen LogP) is 3.33. The highest BCUT2D eigenvalue weighted by molar-refractivity contribution is 5.74. The highest BCUT2D eigenvalue weighted by Gasteiger charge is 2.26. The van der Waals surface area contributed by atoms with Crippen molar-refractivity contribution >= 4 is 16.7 Å². The summed E-state index contributed by atoms with van der Waals surface area (Å²) in [4.78, 5) is 11.9. The summed E-state index contributed by atoms with van der Waals surface area (Å²) in [5.74, 6) is -0.441. The third-order valence-corrected chi connectivity index (χ3v) is 3.63. The minimum absolute atomic E-state index is 0.195. The molecule has 23 heavy (non-hydrogen) atoms. The van der Waals surface area contributed by atoms with Gasteiger partial charge in [-0.15, -0.1) is 15.0 Å². The van der Waals surface area contributed by atoms with Crippen LogP contribution in [0.2, 0.25) is 0 Å². The predicted molar refractivity (Wildman–Crippen MR) is 85.9 cm³/mol. The zero-order chi connectivity index (χ0) is 16.8. The Morgan fingerprint density at radius 3 is 2.17 bits per heavy atom. The smallest absolute Gasteiger partial charge is 0.313 e. The van der Waals surface area contributed by atoms with Gasteiger partial charge in [-0.3, -0.25) is 10.1 Å². The van der Waals surface area contributed by atoms with Crippen molar-refractivity contribution in [3.63, 3.8) is 0 Å². The van der Waals surface area contributed by atoms with E-state index in [-0.39, 0.29) is 16.8 Å². The van der Waals surface area contributed by atoms with Gasteiger partial charge in [0.1, 0.15) is 16.7 Å². The number of aromatic nitrogens is 3. The zero-order valence-electron chi connectivity index (χ0n) is 13.0. The lowest BCUT2D eigenvalue weighted by molar-refractivity contribution is -0.385. The van der Waals surface area contributed by atoms with Crippen LogP contribution in [0.25, 0.3) is 16.7 Å². The molecule has 0 spiro atoms. The number of phenols is 1. The molecular formula is C16H16N4O3. The number of nitrogens with zero attached hydrogens (tertiary/aromatic N) is 4. The lowest BCUT2D eigenvalue weighted by atomic mass is 9.86. The molecule has 0 radical (unpaired) electrons. The molecule has 0 aliphatic rings. The molecule has 0 unspecified atom stereocenters. The minimum atomic E-state index is -0.600. The number of hydrogen-bond donors (Lipinski definition) is 1. The maximum Gasteiger partial charge on any atom is 0.313 e. The first kappa shape index (κ1) is 15.0. The van der Waals surface area contributed by atoms with Gasteiger partial charge in [-0.1, -0.05) is 32.9 Å². The number of rotatable bonds is 2. The summed E-state index contributed by atoms with van der Waals surface area (Å²) in [7, 11) is 0. The fraction of sp³-hybridized carbons (Fsp3) is 0.250. The molecule has 118 valence electrons. The zero-order valence-corrected chi connectivity index (χ0v) is 13.0. The molecule has 0 atom stereocenters. The van der Waals surface area contributed by atoms with Crippen LogP contribution in [0.3, 0.4) is 0 Å². The maximum absolute atomic E-state index is 11.3. The quantitative estimate of drug-likeness (QED) is 0.578. The molecule has 1 heterocycles. The van der Waals surface area contributed by atoms with E-state index in [0.29, 0.717) is 11.0 Å². The molecule has 7 nitrogen and oxygen atoms in total. The normalized spacial score (nSPS) is 11.8. The molecule has 0 aliphatic heterocycles. The van der Waals surface area contributed by atoms with Crippen LogP contribution in [0.5, 0.6) is 5.75 Å². The number of phenolic OH excluding ortho intramolecular Hbond substituents is 1. The van der Waals surface area contributed by atoms with Gasteiger partial charge in [0.25, 0.3) is 0 Å². The van der Waals surface area contributed by atoms with Crippen LogP contribution in [0.4, 0.5) is 5.69 Å². The van der Waals surface area contributed by atoms with Crippen LogP contribution in [-0.4, -0.2) is 25.0 Å². The van der Waals surface area contributed by atoms with Crippen molar-refractivity contribution in [1.29, 1.82) is 0 Å². The Morgan fingerprint density at radius 1 is 1.13 bits per heavy atom. The topological polar surface area (TPSA) is 94.1 Å². The number of aromatic hydroxyl groups is 1. The van der Waals surface area contributed by atoms with Gasteiger partial charge in [-0.05, 0) is 29.2 Å². The second kappa shape index (κ2) is 5.05. The van der Waals surface area contributed by atoms with Gasteiger partial charge in [0.2, 0.25) is 5.75 Å². The highest BCUT2D eigenvalue weighted by atomic mass is 16.6. The number of hydrogen-bond acceptors (Lipinski definition) is 5. The van der Waals surface area contributed by atoms with Gasteiger partial charge in [0.05, 0.1) is 4.92 Å². The van der Waals surface area contributed by atoms with E-state index >= 15 is 0 Å². The Labute approximate surface area is 132 Å². The van der Waals surface area contributed by atoms with E-state index in [1.165, 1.54) is 10.9 Å². The SMILES string of the molecule is CC(C)(C)c1cc(-n2nc3ccccc3n2)c(O)c([N+](=O)[O-])c1. The van der Waals surface area contributed by atoms with E-state index in [9.17, 15) is 15.2 Å². The number of nitro benzene ring substituents is 1. The van der Waals surface area contributed by atoms with Crippen LogP contribution in [0.15, 0.2) is 36.4 Å².